The number of rotatable bonds is 5. The molecule has 2 aliphatic rings. The second-order valence-corrected chi connectivity index (χ2v) is 7.02. The van der Waals surface area contributed by atoms with Gasteiger partial charge in [-0.15, -0.1) is 0 Å². The van der Waals surface area contributed by atoms with Crippen molar-refractivity contribution in [2.24, 2.45) is 5.92 Å². The Morgan fingerprint density at radius 3 is 2.59 bits per heavy atom. The van der Waals surface area contributed by atoms with Gasteiger partial charge in [0.2, 0.25) is 0 Å². The van der Waals surface area contributed by atoms with Gasteiger partial charge in [-0.2, -0.15) is 0 Å². The van der Waals surface area contributed by atoms with E-state index >= 15 is 0 Å². The molecule has 3 heteroatoms. The maximum Gasteiger partial charge on any atom is 0.0506 e. The minimum absolute atomic E-state index is 0.735. The first-order valence-electron chi connectivity index (χ1n) is 8.85. The third kappa shape index (κ3) is 4.55. The number of ether oxygens (including phenoxy) is 1. The monoisotopic (exact) mass is 302 g/mol. The molecule has 0 unspecified atom stereocenters. The van der Waals surface area contributed by atoms with Crippen molar-refractivity contribution in [3.8, 4) is 0 Å². The van der Waals surface area contributed by atoms with Crippen LogP contribution in [0.4, 0.5) is 0 Å². The molecule has 22 heavy (non-hydrogen) atoms. The van der Waals surface area contributed by atoms with Gasteiger partial charge in [-0.3, -0.25) is 4.90 Å². The summed E-state index contributed by atoms with van der Waals surface area (Å²) in [6, 6.07) is 11.6. The lowest BCUT2D eigenvalue weighted by molar-refractivity contribution is 0.0293. The van der Waals surface area contributed by atoms with E-state index in [1.54, 1.807) is 0 Å². The minimum atomic E-state index is 0.735. The molecule has 0 bridgehead atoms. The van der Waals surface area contributed by atoms with Gasteiger partial charge in [0.15, 0.2) is 0 Å². The van der Waals surface area contributed by atoms with Crippen molar-refractivity contribution in [3.63, 3.8) is 0 Å². The van der Waals surface area contributed by atoms with Gasteiger partial charge in [-0.25, -0.2) is 0 Å². The zero-order valence-corrected chi connectivity index (χ0v) is 13.9. The van der Waals surface area contributed by atoms with E-state index in [9.17, 15) is 0 Å². The summed E-state index contributed by atoms with van der Waals surface area (Å²) in [5.74, 6) is 0.771. The molecule has 0 aliphatic carbocycles. The maximum absolute atomic E-state index is 5.61. The summed E-state index contributed by atoms with van der Waals surface area (Å²) in [4.78, 5) is 5.20. The third-order valence-electron chi connectivity index (χ3n) is 5.23. The van der Waals surface area contributed by atoms with Crippen molar-refractivity contribution in [3.05, 3.63) is 35.9 Å². The number of hydrogen-bond acceptors (Lipinski definition) is 3. The smallest absolute Gasteiger partial charge is 0.0506 e. The SMILES string of the molecule is CN(Cc1ccccc1)C1CCN(C[C@H]2CCCOC2)CC1. The molecule has 1 aromatic rings. The Bertz CT molecular complexity index is 422. The molecule has 0 aromatic heterocycles. The van der Waals surface area contributed by atoms with E-state index in [4.69, 9.17) is 4.74 Å². The first kappa shape index (κ1) is 16.0. The molecule has 0 spiro atoms. The molecule has 0 N–H and O–H groups in total. The van der Waals surface area contributed by atoms with Crippen molar-refractivity contribution >= 4 is 0 Å². The van der Waals surface area contributed by atoms with E-state index in [1.807, 2.05) is 0 Å². The summed E-state index contributed by atoms with van der Waals surface area (Å²) in [7, 11) is 2.28. The van der Waals surface area contributed by atoms with Crippen LogP contribution in [0.1, 0.15) is 31.2 Å². The Morgan fingerprint density at radius 1 is 1.14 bits per heavy atom. The van der Waals surface area contributed by atoms with Gasteiger partial charge in [-0.1, -0.05) is 30.3 Å². The fourth-order valence-corrected chi connectivity index (χ4v) is 3.86. The summed E-state index contributed by atoms with van der Waals surface area (Å²) in [6.45, 7) is 6.77. The van der Waals surface area contributed by atoms with Crippen LogP contribution in [0.15, 0.2) is 30.3 Å². The Morgan fingerprint density at radius 2 is 1.91 bits per heavy atom. The summed E-state index contributed by atoms with van der Waals surface area (Å²) >= 11 is 0. The van der Waals surface area contributed by atoms with Crippen molar-refractivity contribution in [2.75, 3.05) is 39.9 Å². The molecule has 0 saturated carbocycles. The van der Waals surface area contributed by atoms with Gasteiger partial charge < -0.3 is 9.64 Å². The second kappa shape index (κ2) is 8.09. The topological polar surface area (TPSA) is 15.7 Å². The van der Waals surface area contributed by atoms with Crippen LogP contribution in [0.3, 0.4) is 0 Å². The number of likely N-dealkylation sites (tertiary alicyclic amines) is 1. The highest BCUT2D eigenvalue weighted by Gasteiger charge is 2.25. The lowest BCUT2D eigenvalue weighted by Gasteiger charge is -2.38. The largest absolute Gasteiger partial charge is 0.381 e. The molecule has 1 aromatic carbocycles. The number of benzene rings is 1. The molecule has 2 saturated heterocycles. The molecular weight excluding hydrogens is 272 g/mol. The molecule has 3 nitrogen and oxygen atoms in total. The molecule has 0 amide bonds. The summed E-state index contributed by atoms with van der Waals surface area (Å²) in [5, 5.41) is 0. The van der Waals surface area contributed by atoms with Crippen LogP contribution >= 0.6 is 0 Å². The first-order valence-corrected chi connectivity index (χ1v) is 8.85. The Balaban J connectivity index is 1.41. The average molecular weight is 302 g/mol. The Hall–Kier alpha value is -0.900. The summed E-state index contributed by atoms with van der Waals surface area (Å²) in [6.07, 6.45) is 5.21. The zero-order valence-electron chi connectivity index (χ0n) is 13.9. The van der Waals surface area contributed by atoms with Crippen LogP contribution in [0.25, 0.3) is 0 Å². The standard InChI is InChI=1S/C19H30N2O/c1-20(14-17-6-3-2-4-7-17)19-9-11-21(12-10-19)15-18-8-5-13-22-16-18/h2-4,6-7,18-19H,5,8-16H2,1H3/t18-/m1/s1. The minimum Gasteiger partial charge on any atom is -0.381 e. The van der Waals surface area contributed by atoms with Gasteiger partial charge in [0, 0.05) is 25.7 Å². The maximum atomic E-state index is 5.61. The highest BCUT2D eigenvalue weighted by molar-refractivity contribution is 5.14. The van der Waals surface area contributed by atoms with Crippen LogP contribution in [-0.2, 0) is 11.3 Å². The third-order valence-corrected chi connectivity index (χ3v) is 5.23. The lowest BCUT2D eigenvalue weighted by atomic mass is 9.98. The fraction of sp³-hybridized carbons (Fsp3) is 0.684. The van der Waals surface area contributed by atoms with Crippen molar-refractivity contribution in [1.82, 2.24) is 9.80 Å². The van der Waals surface area contributed by atoms with Gasteiger partial charge in [0.1, 0.15) is 0 Å². The molecule has 122 valence electrons. The molecular formula is C19H30N2O. The van der Waals surface area contributed by atoms with Crippen molar-refractivity contribution < 1.29 is 4.74 Å². The predicted octanol–water partition coefficient (Wildman–Crippen LogP) is 3.01. The molecule has 2 fully saturated rings. The van der Waals surface area contributed by atoms with Crippen LogP contribution < -0.4 is 0 Å². The van der Waals surface area contributed by atoms with E-state index in [1.165, 1.54) is 50.9 Å². The van der Waals surface area contributed by atoms with E-state index < -0.39 is 0 Å². The number of nitrogens with zero attached hydrogens (tertiary/aromatic N) is 2. The predicted molar refractivity (Wildman–Crippen MR) is 90.9 cm³/mol. The van der Waals surface area contributed by atoms with Crippen molar-refractivity contribution in [2.45, 2.75) is 38.3 Å². The first-order chi connectivity index (χ1) is 10.8. The van der Waals surface area contributed by atoms with Gasteiger partial charge >= 0.3 is 0 Å². The van der Waals surface area contributed by atoms with E-state index in [-0.39, 0.29) is 0 Å². The highest BCUT2D eigenvalue weighted by atomic mass is 16.5. The number of hydrogen-bond donors (Lipinski definition) is 0. The molecule has 2 heterocycles. The van der Waals surface area contributed by atoms with Crippen LogP contribution in [-0.4, -0.2) is 55.7 Å². The van der Waals surface area contributed by atoms with E-state index in [0.29, 0.717) is 0 Å². The second-order valence-electron chi connectivity index (χ2n) is 7.02. The quantitative estimate of drug-likeness (QED) is 0.831. The summed E-state index contributed by atoms with van der Waals surface area (Å²) < 4.78 is 5.61. The van der Waals surface area contributed by atoms with Gasteiger partial charge in [0.05, 0.1) is 6.61 Å². The molecule has 0 radical (unpaired) electrons. The zero-order chi connectivity index (χ0) is 15.2. The fourth-order valence-electron chi connectivity index (χ4n) is 3.86. The molecule has 2 aliphatic heterocycles. The van der Waals surface area contributed by atoms with Crippen LogP contribution in [0.5, 0.6) is 0 Å². The molecule has 3 rings (SSSR count). The van der Waals surface area contributed by atoms with Crippen LogP contribution in [0, 0.1) is 5.92 Å². The highest BCUT2D eigenvalue weighted by Crippen LogP contribution is 2.21. The Labute approximate surface area is 135 Å². The Kier molecular flexibility index (Phi) is 5.88. The normalized spacial score (nSPS) is 24.7. The van der Waals surface area contributed by atoms with Gasteiger partial charge in [-0.05, 0) is 57.3 Å². The average Bonchev–Trinajstić information content (AvgIpc) is 2.57. The van der Waals surface area contributed by atoms with Crippen LogP contribution in [0.2, 0.25) is 0 Å². The molecule has 1 atom stereocenters. The lowest BCUT2D eigenvalue weighted by Crippen LogP contribution is -2.45. The van der Waals surface area contributed by atoms with Crippen molar-refractivity contribution in [1.29, 1.82) is 0 Å². The van der Waals surface area contributed by atoms with E-state index in [2.05, 4.69) is 47.2 Å². The number of piperidine rings is 1. The summed E-state index contributed by atoms with van der Waals surface area (Å²) in [5.41, 5.74) is 1.42. The van der Waals surface area contributed by atoms with Gasteiger partial charge in [0.25, 0.3) is 0 Å². The van der Waals surface area contributed by atoms with E-state index in [0.717, 1.165) is 31.7 Å².